The summed E-state index contributed by atoms with van der Waals surface area (Å²) in [6, 6.07) is 4.16. The Morgan fingerprint density at radius 3 is 2.64 bits per heavy atom. The Labute approximate surface area is 165 Å². The van der Waals surface area contributed by atoms with Gasteiger partial charge >= 0.3 is 12.1 Å². The third-order valence-electron chi connectivity index (χ3n) is 4.17. The molecule has 1 amide bonds. The summed E-state index contributed by atoms with van der Waals surface area (Å²) in [5.41, 5.74) is -0.248. The topological polar surface area (TPSA) is 67.9 Å². The summed E-state index contributed by atoms with van der Waals surface area (Å²) in [6.07, 6.45) is -4.41. The van der Waals surface area contributed by atoms with Gasteiger partial charge in [0.1, 0.15) is 0 Å². The highest BCUT2D eigenvalue weighted by Gasteiger charge is 2.34. The maximum Gasteiger partial charge on any atom is 0.416 e. The van der Waals surface area contributed by atoms with Crippen molar-refractivity contribution < 1.29 is 32.2 Å². The molecule has 0 spiro atoms. The highest BCUT2D eigenvalue weighted by atomic mass is 32.2. The number of hydrogen-bond donors (Lipinski definition) is 1. The molecule has 28 heavy (non-hydrogen) atoms. The van der Waals surface area contributed by atoms with E-state index >= 15 is 0 Å². The maximum atomic E-state index is 13.5. The van der Waals surface area contributed by atoms with Crippen LogP contribution in [0.2, 0.25) is 0 Å². The zero-order valence-corrected chi connectivity index (χ0v) is 16.3. The molecule has 1 N–H and O–H groups in total. The lowest BCUT2D eigenvalue weighted by Crippen LogP contribution is -2.36. The van der Waals surface area contributed by atoms with Crippen LogP contribution >= 0.6 is 11.8 Å². The molecule has 1 aliphatic rings. The smallest absolute Gasteiger partial charge is 0.416 e. The minimum Gasteiger partial charge on any atom is -0.468 e. The average Bonchev–Trinajstić information content (AvgIpc) is 2.69. The van der Waals surface area contributed by atoms with Crippen molar-refractivity contribution >= 4 is 29.3 Å². The van der Waals surface area contributed by atoms with Gasteiger partial charge < -0.3 is 19.7 Å². The number of carbonyl (C=O) groups is 2. The van der Waals surface area contributed by atoms with Crippen LogP contribution in [-0.4, -0.2) is 56.8 Å². The summed E-state index contributed by atoms with van der Waals surface area (Å²) in [6.45, 7) is 1.83. The fraction of sp³-hybridized carbons (Fsp3) is 0.556. The monoisotopic (exact) mass is 420 g/mol. The van der Waals surface area contributed by atoms with E-state index in [2.05, 4.69) is 10.1 Å². The van der Waals surface area contributed by atoms with Crippen molar-refractivity contribution in [3.8, 4) is 0 Å². The third-order valence-corrected chi connectivity index (χ3v) is 5.10. The number of alkyl halides is 3. The fourth-order valence-corrected chi connectivity index (χ4v) is 3.42. The van der Waals surface area contributed by atoms with Crippen LogP contribution in [0, 0.1) is 0 Å². The normalized spacial score (nSPS) is 14.6. The number of benzene rings is 1. The molecular formula is C18H23F3N2O4S. The van der Waals surface area contributed by atoms with E-state index in [0.717, 1.165) is 6.07 Å². The average molecular weight is 420 g/mol. The first kappa shape index (κ1) is 22.4. The van der Waals surface area contributed by atoms with Gasteiger partial charge in [-0.1, -0.05) is 6.07 Å². The Balaban J connectivity index is 1.94. The van der Waals surface area contributed by atoms with Crippen LogP contribution < -0.4 is 10.2 Å². The van der Waals surface area contributed by atoms with E-state index < -0.39 is 11.7 Å². The van der Waals surface area contributed by atoms with Crippen molar-refractivity contribution in [2.75, 3.05) is 49.8 Å². The zero-order chi connectivity index (χ0) is 20.6. The van der Waals surface area contributed by atoms with Crippen LogP contribution in [0.3, 0.4) is 0 Å². The molecular weight excluding hydrogens is 397 g/mol. The van der Waals surface area contributed by atoms with Gasteiger partial charge in [-0.25, -0.2) is 0 Å². The van der Waals surface area contributed by atoms with Crippen molar-refractivity contribution in [3.05, 3.63) is 29.3 Å². The number of rotatable bonds is 8. The first-order valence-corrected chi connectivity index (χ1v) is 9.91. The Hall–Kier alpha value is -1.94. The number of carbonyl (C=O) groups excluding carboxylic acids is 2. The van der Waals surface area contributed by atoms with Crippen molar-refractivity contribution in [1.82, 2.24) is 5.32 Å². The molecule has 1 aromatic rings. The minimum atomic E-state index is -4.52. The van der Waals surface area contributed by atoms with E-state index in [0.29, 0.717) is 37.7 Å². The van der Waals surface area contributed by atoms with Gasteiger partial charge in [0.15, 0.2) is 0 Å². The molecule has 1 fully saturated rings. The van der Waals surface area contributed by atoms with Crippen molar-refractivity contribution in [2.45, 2.75) is 19.1 Å². The van der Waals surface area contributed by atoms with Gasteiger partial charge in [0.2, 0.25) is 5.91 Å². The van der Waals surface area contributed by atoms with Gasteiger partial charge in [0.25, 0.3) is 0 Å². The lowest BCUT2D eigenvalue weighted by atomic mass is 10.0. The van der Waals surface area contributed by atoms with Gasteiger partial charge in [-0.2, -0.15) is 13.2 Å². The first-order chi connectivity index (χ1) is 13.3. The van der Waals surface area contributed by atoms with Crippen LogP contribution in [0.25, 0.3) is 0 Å². The van der Waals surface area contributed by atoms with Gasteiger partial charge in [-0.05, 0) is 17.7 Å². The number of thioether (sulfide) groups is 1. The standard InChI is InChI=1S/C18H23F3N2O4S/c1-26-17(25)12-28-9-4-16(24)22-11-13-2-3-14(10-15(13)18(19,20)21)23-5-7-27-8-6-23/h2-3,10H,4-9,11-12H2,1H3,(H,22,24). The van der Waals surface area contributed by atoms with E-state index in [1.165, 1.54) is 24.9 Å². The summed E-state index contributed by atoms with van der Waals surface area (Å²) >= 11 is 1.23. The number of anilines is 1. The van der Waals surface area contributed by atoms with Crippen LogP contribution in [0.15, 0.2) is 18.2 Å². The molecule has 10 heteroatoms. The van der Waals surface area contributed by atoms with Crippen molar-refractivity contribution in [3.63, 3.8) is 0 Å². The van der Waals surface area contributed by atoms with Gasteiger partial charge in [0, 0.05) is 37.5 Å². The van der Waals surface area contributed by atoms with Crippen molar-refractivity contribution in [1.29, 1.82) is 0 Å². The molecule has 0 bridgehead atoms. The predicted octanol–water partition coefficient (Wildman–Crippen LogP) is 2.45. The molecule has 0 atom stereocenters. The molecule has 1 heterocycles. The number of hydrogen-bond acceptors (Lipinski definition) is 6. The minimum absolute atomic E-state index is 0.0140. The molecule has 0 radical (unpaired) electrons. The second-order valence-electron chi connectivity index (χ2n) is 6.09. The molecule has 1 saturated heterocycles. The van der Waals surface area contributed by atoms with Crippen LogP contribution in [0.4, 0.5) is 18.9 Å². The number of methoxy groups -OCH3 is 1. The van der Waals surface area contributed by atoms with E-state index in [4.69, 9.17) is 4.74 Å². The number of ether oxygens (including phenoxy) is 2. The number of halogens is 3. The second-order valence-corrected chi connectivity index (χ2v) is 7.20. The largest absolute Gasteiger partial charge is 0.468 e. The van der Waals surface area contributed by atoms with Gasteiger partial charge in [-0.3, -0.25) is 9.59 Å². The third kappa shape index (κ3) is 6.90. The Morgan fingerprint density at radius 2 is 2.00 bits per heavy atom. The number of amides is 1. The molecule has 0 aliphatic carbocycles. The summed E-state index contributed by atoms with van der Waals surface area (Å²) < 4.78 is 50.1. The highest BCUT2D eigenvalue weighted by Crippen LogP contribution is 2.35. The number of morpholine rings is 1. The van der Waals surface area contributed by atoms with Crippen molar-refractivity contribution in [2.24, 2.45) is 0 Å². The number of esters is 1. The zero-order valence-electron chi connectivity index (χ0n) is 15.5. The van der Waals surface area contributed by atoms with Gasteiger partial charge in [0.05, 0.1) is 31.6 Å². The number of nitrogens with one attached hydrogen (secondary N) is 1. The molecule has 1 aromatic carbocycles. The molecule has 156 valence electrons. The van der Waals surface area contributed by atoms with E-state index in [1.54, 1.807) is 6.07 Å². The predicted molar refractivity (Wildman–Crippen MR) is 100 cm³/mol. The lowest BCUT2D eigenvalue weighted by molar-refractivity contribution is -0.138. The number of nitrogens with zero attached hydrogens (tertiary/aromatic N) is 1. The Morgan fingerprint density at radius 1 is 1.29 bits per heavy atom. The summed E-state index contributed by atoms with van der Waals surface area (Å²) in [5.74, 6) is -0.253. The summed E-state index contributed by atoms with van der Waals surface area (Å²) in [4.78, 5) is 24.7. The molecule has 0 saturated carbocycles. The fourth-order valence-electron chi connectivity index (χ4n) is 2.66. The molecule has 1 aliphatic heterocycles. The molecule has 0 aromatic heterocycles. The van der Waals surface area contributed by atoms with E-state index in [-0.39, 0.29) is 36.2 Å². The molecule has 2 rings (SSSR count). The van der Waals surface area contributed by atoms with Crippen LogP contribution in [-0.2, 0) is 31.8 Å². The SMILES string of the molecule is COC(=O)CSCCC(=O)NCc1ccc(N2CCOCC2)cc1C(F)(F)F. The summed E-state index contributed by atoms with van der Waals surface area (Å²) in [5, 5.41) is 2.51. The molecule has 0 unspecified atom stereocenters. The second kappa shape index (κ2) is 10.6. The van der Waals surface area contributed by atoms with E-state index in [1.807, 2.05) is 4.90 Å². The summed E-state index contributed by atoms with van der Waals surface area (Å²) in [7, 11) is 1.28. The first-order valence-electron chi connectivity index (χ1n) is 8.75. The highest BCUT2D eigenvalue weighted by molar-refractivity contribution is 7.99. The Bertz CT molecular complexity index is 679. The van der Waals surface area contributed by atoms with Gasteiger partial charge in [-0.15, -0.1) is 11.8 Å². The maximum absolute atomic E-state index is 13.5. The quantitative estimate of drug-likeness (QED) is 0.515. The van der Waals surface area contributed by atoms with Crippen LogP contribution in [0.5, 0.6) is 0 Å². The van der Waals surface area contributed by atoms with E-state index in [9.17, 15) is 22.8 Å². The Kier molecular flexibility index (Phi) is 8.43. The van der Waals surface area contributed by atoms with Crippen LogP contribution in [0.1, 0.15) is 17.5 Å². The lowest BCUT2D eigenvalue weighted by Gasteiger charge is -2.29. The molecule has 6 nitrogen and oxygen atoms in total.